The number of ether oxygens (including phenoxy) is 1. The highest BCUT2D eigenvalue weighted by Gasteiger charge is 2.21. The maximum Gasteiger partial charge on any atom is 0.125 e. The molecule has 0 fully saturated rings. The zero-order valence-electron chi connectivity index (χ0n) is 10.6. The number of nitrogens with one attached hydrogen (secondary N) is 1. The lowest BCUT2D eigenvalue weighted by Crippen LogP contribution is -2.19. The predicted octanol–water partition coefficient (Wildman–Crippen LogP) is 3.34. The second-order valence-corrected chi connectivity index (χ2v) is 6.24. The molecule has 2 aromatic rings. The number of fused-ring (bicyclic) bond motifs is 1. The molecule has 3 nitrogen and oxygen atoms in total. The lowest BCUT2D eigenvalue weighted by atomic mass is 10.0. The van der Waals surface area contributed by atoms with E-state index in [-0.39, 0.29) is 6.04 Å². The van der Waals surface area contributed by atoms with E-state index in [1.54, 1.807) is 11.3 Å². The molecule has 0 aliphatic carbocycles. The number of hydrogen-bond donors (Lipinski definition) is 1. The zero-order valence-corrected chi connectivity index (χ0v) is 13.1. The van der Waals surface area contributed by atoms with Gasteiger partial charge < -0.3 is 10.1 Å². The first-order valence-corrected chi connectivity index (χ1v) is 8.01. The summed E-state index contributed by atoms with van der Waals surface area (Å²) in [7, 11) is 1.98. The Balaban J connectivity index is 1.90. The molecule has 19 heavy (non-hydrogen) atoms. The maximum absolute atomic E-state index is 5.78. The van der Waals surface area contributed by atoms with E-state index in [1.807, 2.05) is 12.6 Å². The number of rotatable bonds is 4. The summed E-state index contributed by atoms with van der Waals surface area (Å²) in [5.41, 5.74) is 5.52. The first-order valence-electron chi connectivity index (χ1n) is 6.27. The van der Waals surface area contributed by atoms with E-state index in [4.69, 9.17) is 4.74 Å². The van der Waals surface area contributed by atoms with Crippen molar-refractivity contribution in [2.24, 2.45) is 0 Å². The third-order valence-electron chi connectivity index (χ3n) is 3.41. The number of halogens is 1. The quantitative estimate of drug-likeness (QED) is 0.928. The van der Waals surface area contributed by atoms with Crippen LogP contribution >= 0.6 is 27.3 Å². The van der Waals surface area contributed by atoms with Crippen molar-refractivity contribution < 1.29 is 4.74 Å². The van der Waals surface area contributed by atoms with Gasteiger partial charge in [0.15, 0.2) is 0 Å². The van der Waals surface area contributed by atoms with Crippen LogP contribution in [0.2, 0.25) is 0 Å². The smallest absolute Gasteiger partial charge is 0.125 e. The summed E-state index contributed by atoms with van der Waals surface area (Å²) in [5, 5.41) is 5.43. The molecular formula is C14H15BrN2OS. The lowest BCUT2D eigenvalue weighted by molar-refractivity contribution is 0.352. The lowest BCUT2D eigenvalue weighted by Gasteiger charge is -2.16. The molecule has 1 atom stereocenters. The summed E-state index contributed by atoms with van der Waals surface area (Å²) < 4.78 is 6.91. The molecule has 3 rings (SSSR count). The van der Waals surface area contributed by atoms with E-state index < -0.39 is 0 Å². The second kappa shape index (κ2) is 5.61. The van der Waals surface area contributed by atoms with E-state index >= 15 is 0 Å². The van der Waals surface area contributed by atoms with Crippen molar-refractivity contribution in [2.45, 2.75) is 18.9 Å². The highest BCUT2D eigenvalue weighted by atomic mass is 79.9. The van der Waals surface area contributed by atoms with Crippen LogP contribution < -0.4 is 10.1 Å². The summed E-state index contributed by atoms with van der Waals surface area (Å²) in [6.45, 7) is 0.791. The molecule has 1 unspecified atom stereocenters. The molecule has 1 aliphatic rings. The third-order valence-corrected chi connectivity index (χ3v) is 4.47. The van der Waals surface area contributed by atoms with Crippen molar-refractivity contribution in [3.05, 3.63) is 44.3 Å². The highest BCUT2D eigenvalue weighted by molar-refractivity contribution is 9.10. The molecule has 1 aliphatic heterocycles. The maximum atomic E-state index is 5.78. The van der Waals surface area contributed by atoms with Crippen molar-refractivity contribution in [2.75, 3.05) is 13.7 Å². The van der Waals surface area contributed by atoms with Gasteiger partial charge in [-0.05, 0) is 36.7 Å². The summed E-state index contributed by atoms with van der Waals surface area (Å²) in [6.07, 6.45) is 1.89. The van der Waals surface area contributed by atoms with Gasteiger partial charge in [-0.15, -0.1) is 11.3 Å². The number of thiazole rings is 1. The van der Waals surface area contributed by atoms with Crippen LogP contribution in [0.15, 0.2) is 27.5 Å². The average molecular weight is 339 g/mol. The first-order chi connectivity index (χ1) is 9.28. The van der Waals surface area contributed by atoms with Gasteiger partial charge in [0.1, 0.15) is 5.75 Å². The molecule has 1 aromatic heterocycles. The molecule has 0 saturated carbocycles. The number of benzene rings is 1. The van der Waals surface area contributed by atoms with Gasteiger partial charge in [0.25, 0.3) is 0 Å². The van der Waals surface area contributed by atoms with Crippen LogP contribution in [0.3, 0.4) is 0 Å². The van der Waals surface area contributed by atoms with E-state index in [0.29, 0.717) is 0 Å². The van der Waals surface area contributed by atoms with E-state index in [1.165, 1.54) is 11.1 Å². The van der Waals surface area contributed by atoms with Gasteiger partial charge in [-0.2, -0.15) is 0 Å². The van der Waals surface area contributed by atoms with Crippen molar-refractivity contribution in [1.29, 1.82) is 0 Å². The Bertz CT molecular complexity index is 571. The van der Waals surface area contributed by atoms with E-state index in [0.717, 1.165) is 35.4 Å². The summed E-state index contributed by atoms with van der Waals surface area (Å²) >= 11 is 5.22. The van der Waals surface area contributed by atoms with Gasteiger partial charge in [-0.3, -0.25) is 0 Å². The Morgan fingerprint density at radius 1 is 1.53 bits per heavy atom. The number of likely N-dealkylation sites (N-methyl/N-ethyl adjacent to an activating group) is 1. The minimum Gasteiger partial charge on any atom is -0.493 e. The number of nitrogens with zero attached hydrogens (tertiary/aromatic N) is 1. The predicted molar refractivity (Wildman–Crippen MR) is 81.0 cm³/mol. The molecule has 5 heteroatoms. The molecule has 1 N–H and O–H groups in total. The average Bonchev–Trinajstić information content (AvgIpc) is 3.05. The van der Waals surface area contributed by atoms with Crippen LogP contribution in [-0.2, 0) is 12.8 Å². The Hall–Kier alpha value is -0.910. The highest BCUT2D eigenvalue weighted by Crippen LogP contribution is 2.35. The largest absolute Gasteiger partial charge is 0.493 e. The van der Waals surface area contributed by atoms with E-state index in [2.05, 4.69) is 43.7 Å². The molecule has 2 heterocycles. The minimum atomic E-state index is 0.230. The van der Waals surface area contributed by atoms with Crippen LogP contribution in [0.5, 0.6) is 5.75 Å². The fourth-order valence-electron chi connectivity index (χ4n) is 2.47. The Kier molecular flexibility index (Phi) is 3.86. The fourth-order valence-corrected chi connectivity index (χ4v) is 3.63. The van der Waals surface area contributed by atoms with Gasteiger partial charge >= 0.3 is 0 Å². The van der Waals surface area contributed by atoms with Crippen molar-refractivity contribution in [3.8, 4) is 5.75 Å². The van der Waals surface area contributed by atoms with Crippen LogP contribution in [0.4, 0.5) is 0 Å². The standard InChI is InChI=1S/C14H15BrN2OS/c1-16-12(13-7-19-8-17-13)6-10-5-11(15)4-9-2-3-18-14(9)10/h4-5,7-8,12,16H,2-3,6H2,1H3. The van der Waals surface area contributed by atoms with Gasteiger partial charge in [-0.25, -0.2) is 4.98 Å². The molecule has 0 saturated heterocycles. The monoisotopic (exact) mass is 338 g/mol. The SMILES string of the molecule is CNC(Cc1cc(Br)cc2c1OCC2)c1cscn1. The van der Waals surface area contributed by atoms with Crippen LogP contribution in [0.1, 0.15) is 22.9 Å². The fraction of sp³-hybridized carbons (Fsp3) is 0.357. The Morgan fingerprint density at radius 3 is 3.16 bits per heavy atom. The molecule has 0 amide bonds. The molecular weight excluding hydrogens is 324 g/mol. The number of hydrogen-bond acceptors (Lipinski definition) is 4. The summed E-state index contributed by atoms with van der Waals surface area (Å²) in [6, 6.07) is 4.54. The molecule has 100 valence electrons. The van der Waals surface area contributed by atoms with Gasteiger partial charge in [-0.1, -0.05) is 15.9 Å². The third kappa shape index (κ3) is 2.68. The molecule has 1 aromatic carbocycles. The Labute approximate surface area is 125 Å². The van der Waals surface area contributed by atoms with Crippen molar-refractivity contribution in [3.63, 3.8) is 0 Å². The van der Waals surface area contributed by atoms with Crippen LogP contribution in [0.25, 0.3) is 0 Å². The van der Waals surface area contributed by atoms with Crippen LogP contribution in [-0.4, -0.2) is 18.6 Å². The van der Waals surface area contributed by atoms with Gasteiger partial charge in [0.2, 0.25) is 0 Å². The topological polar surface area (TPSA) is 34.1 Å². The van der Waals surface area contributed by atoms with Gasteiger partial charge in [0.05, 0.1) is 23.9 Å². The molecule has 0 spiro atoms. The summed E-state index contributed by atoms with van der Waals surface area (Å²) in [5.74, 6) is 1.07. The summed E-state index contributed by atoms with van der Waals surface area (Å²) in [4.78, 5) is 4.40. The van der Waals surface area contributed by atoms with Gasteiger partial charge in [0, 0.05) is 16.3 Å². The van der Waals surface area contributed by atoms with Crippen molar-refractivity contribution in [1.82, 2.24) is 10.3 Å². The second-order valence-electron chi connectivity index (χ2n) is 4.61. The Morgan fingerprint density at radius 2 is 2.42 bits per heavy atom. The normalized spacial score (nSPS) is 15.1. The zero-order chi connectivity index (χ0) is 13.2. The van der Waals surface area contributed by atoms with E-state index in [9.17, 15) is 0 Å². The first kappa shape index (κ1) is 13.1. The van der Waals surface area contributed by atoms with Crippen LogP contribution in [0, 0.1) is 0 Å². The minimum absolute atomic E-state index is 0.230. The molecule has 0 bridgehead atoms. The van der Waals surface area contributed by atoms with Crippen molar-refractivity contribution >= 4 is 27.3 Å². The number of aromatic nitrogens is 1. The molecule has 0 radical (unpaired) electrons.